The van der Waals surface area contributed by atoms with Crippen molar-refractivity contribution in [2.45, 2.75) is 51.5 Å². The quantitative estimate of drug-likeness (QED) is 0.519. The number of rotatable bonds is 4. The van der Waals surface area contributed by atoms with Gasteiger partial charge in [0.15, 0.2) is 0 Å². The van der Waals surface area contributed by atoms with Crippen molar-refractivity contribution in [3.63, 3.8) is 0 Å². The van der Waals surface area contributed by atoms with Gasteiger partial charge in [-0.3, -0.25) is 0 Å². The van der Waals surface area contributed by atoms with Gasteiger partial charge in [-0.25, -0.2) is 0 Å². The molecule has 186 valence electrons. The number of anilines is 2. The van der Waals surface area contributed by atoms with E-state index in [2.05, 4.69) is 81.6 Å². The van der Waals surface area contributed by atoms with Crippen LogP contribution >= 0.6 is 0 Å². The summed E-state index contributed by atoms with van der Waals surface area (Å²) in [6.07, 6.45) is 7.94. The van der Waals surface area contributed by atoms with Crippen LogP contribution in [0, 0.1) is 0 Å². The molecular weight excluding hydrogens is 406 g/mol. The van der Waals surface area contributed by atoms with Crippen LogP contribution in [-0.4, -0.2) is 54.9 Å². The monoisotopic (exact) mass is 455 g/mol. The summed E-state index contributed by atoms with van der Waals surface area (Å²) in [5, 5.41) is 12.2. The van der Waals surface area contributed by atoms with Gasteiger partial charge in [-0.05, 0) is 109 Å². The molecule has 1 unspecified atom stereocenters. The molecule has 0 radical (unpaired) electrons. The summed E-state index contributed by atoms with van der Waals surface area (Å²) in [6.45, 7) is 5.58. The lowest BCUT2D eigenvalue weighted by molar-refractivity contribution is 0.496. The lowest BCUT2D eigenvalue weighted by Gasteiger charge is -2.28. The Bertz CT molecular complexity index is 708. The van der Waals surface area contributed by atoms with Gasteiger partial charge in [0.2, 0.25) is 0 Å². The predicted octanol–water partition coefficient (Wildman–Crippen LogP) is 5.06. The first-order valence-electron chi connectivity index (χ1n) is 12.7. The second-order valence-electron chi connectivity index (χ2n) is 8.48. The largest absolute Gasteiger partial charge is 0.388 e. The Balaban J connectivity index is 0.000000260. The molecule has 0 saturated carbocycles. The van der Waals surface area contributed by atoms with E-state index in [1.807, 2.05) is 35.2 Å². The fourth-order valence-electron chi connectivity index (χ4n) is 4.04. The number of nitrogens with zero attached hydrogens (tertiary/aromatic N) is 1. The summed E-state index contributed by atoms with van der Waals surface area (Å²) in [6, 6.07) is 18.1. The Hall–Kier alpha value is -2.08. The topological polar surface area (TPSA) is 51.4 Å². The number of hydrogen-bond acceptors (Lipinski definition) is 5. The van der Waals surface area contributed by atoms with Crippen LogP contribution in [0.3, 0.4) is 0 Å². The Morgan fingerprint density at radius 3 is 1.97 bits per heavy atom. The molecule has 2 aromatic carbocycles. The second kappa shape index (κ2) is 18.4. The number of fused-ring (bicyclic) bond motifs is 1. The van der Waals surface area contributed by atoms with Crippen LogP contribution in [0.2, 0.25) is 0 Å². The molecule has 2 aliphatic rings. The maximum atomic E-state index is 3.36. The van der Waals surface area contributed by atoms with E-state index in [-0.39, 0.29) is 0 Å². The van der Waals surface area contributed by atoms with E-state index >= 15 is 0 Å². The number of benzene rings is 2. The molecule has 1 aliphatic carbocycles. The highest BCUT2D eigenvalue weighted by atomic mass is 15.1. The van der Waals surface area contributed by atoms with Gasteiger partial charge in [0.25, 0.3) is 0 Å². The lowest BCUT2D eigenvalue weighted by Crippen LogP contribution is -2.29. The van der Waals surface area contributed by atoms with E-state index < -0.39 is 0 Å². The first-order chi connectivity index (χ1) is 16.1. The maximum Gasteiger partial charge on any atom is 0.0367 e. The molecule has 1 atom stereocenters. The fourth-order valence-corrected chi connectivity index (χ4v) is 4.04. The van der Waals surface area contributed by atoms with Crippen LogP contribution < -0.4 is 26.2 Å². The van der Waals surface area contributed by atoms with Gasteiger partial charge in [-0.15, -0.1) is 0 Å². The van der Waals surface area contributed by atoms with E-state index in [0.29, 0.717) is 6.04 Å². The molecular formula is C28H49N5. The van der Waals surface area contributed by atoms with Crippen LogP contribution in [0.1, 0.15) is 56.2 Å². The highest BCUT2D eigenvalue weighted by Crippen LogP contribution is 2.28. The average molecular weight is 456 g/mol. The zero-order valence-electron chi connectivity index (χ0n) is 22.0. The summed E-state index contributed by atoms with van der Waals surface area (Å²) in [5.41, 5.74) is 5.59. The third-order valence-electron chi connectivity index (χ3n) is 5.95. The molecule has 5 heteroatoms. The summed E-state index contributed by atoms with van der Waals surface area (Å²) in [5.74, 6) is 0. The second-order valence-corrected chi connectivity index (χ2v) is 8.48. The summed E-state index contributed by atoms with van der Waals surface area (Å²) >= 11 is 0. The Morgan fingerprint density at radius 2 is 1.42 bits per heavy atom. The molecule has 4 N–H and O–H groups in total. The smallest absolute Gasteiger partial charge is 0.0367 e. The molecule has 0 bridgehead atoms. The van der Waals surface area contributed by atoms with Crippen molar-refractivity contribution in [3.05, 3.63) is 59.7 Å². The molecule has 33 heavy (non-hydrogen) atoms. The Kier molecular flexibility index (Phi) is 16.1. The van der Waals surface area contributed by atoms with E-state index in [1.165, 1.54) is 74.1 Å². The molecule has 1 aliphatic heterocycles. The number of nitrogens with one attached hydrogen (secondary N) is 4. The average Bonchev–Trinajstić information content (AvgIpc) is 2.90. The van der Waals surface area contributed by atoms with Crippen molar-refractivity contribution in [2.24, 2.45) is 0 Å². The minimum Gasteiger partial charge on any atom is -0.388 e. The first-order valence-corrected chi connectivity index (χ1v) is 12.7. The summed E-state index contributed by atoms with van der Waals surface area (Å²) < 4.78 is 0. The van der Waals surface area contributed by atoms with E-state index in [1.54, 1.807) is 0 Å². The minimum absolute atomic E-state index is 0.593. The Labute approximate surface area is 203 Å². The normalized spacial score (nSPS) is 16.5. The summed E-state index contributed by atoms with van der Waals surface area (Å²) in [7, 11) is 9.68. The highest BCUT2D eigenvalue weighted by Gasteiger charge is 2.17. The molecule has 0 aromatic heterocycles. The van der Waals surface area contributed by atoms with Crippen LogP contribution in [0.4, 0.5) is 11.4 Å². The van der Waals surface area contributed by atoms with Gasteiger partial charge in [0, 0.05) is 37.6 Å². The molecule has 1 fully saturated rings. The van der Waals surface area contributed by atoms with E-state index in [9.17, 15) is 0 Å². The van der Waals surface area contributed by atoms with Crippen LogP contribution in [0.25, 0.3) is 0 Å². The van der Waals surface area contributed by atoms with Crippen molar-refractivity contribution in [1.82, 2.24) is 16.0 Å². The van der Waals surface area contributed by atoms with Crippen molar-refractivity contribution in [3.8, 4) is 0 Å². The van der Waals surface area contributed by atoms with Crippen molar-refractivity contribution in [1.29, 1.82) is 0 Å². The minimum atomic E-state index is 0.593. The standard InChI is InChI=1S/C12H18N2.C11H15N.C3H9N.C2H7N/c1-13-11-5-7-12(8-6-11)14-9-3-2-4-10-14;1-12-11-8-4-6-9-5-2-3-7-10(9)11;1-3-4-2;1-3-2/h5-8,13H,2-4,9-10H2,1H3;2-3,5,7,11-12H,4,6,8H2,1H3;4H,3H2,1-2H3;3H,1-2H3. The van der Waals surface area contributed by atoms with Crippen molar-refractivity contribution >= 4 is 11.4 Å². The predicted molar refractivity (Wildman–Crippen MR) is 148 cm³/mol. The molecule has 5 nitrogen and oxygen atoms in total. The molecule has 1 heterocycles. The molecule has 0 spiro atoms. The third kappa shape index (κ3) is 11.1. The number of piperidine rings is 1. The van der Waals surface area contributed by atoms with Gasteiger partial charge >= 0.3 is 0 Å². The molecule has 4 rings (SSSR count). The SMILES string of the molecule is CCNC.CNC.CNC1CCCc2ccccc21.CNc1ccc(N2CCCCC2)cc1. The van der Waals surface area contributed by atoms with Gasteiger partial charge in [-0.2, -0.15) is 0 Å². The molecule has 2 aromatic rings. The van der Waals surface area contributed by atoms with E-state index in [4.69, 9.17) is 0 Å². The van der Waals surface area contributed by atoms with Crippen molar-refractivity contribution < 1.29 is 0 Å². The number of aryl methyl sites for hydroxylation is 1. The zero-order valence-corrected chi connectivity index (χ0v) is 22.0. The van der Waals surface area contributed by atoms with Crippen LogP contribution in [0.15, 0.2) is 48.5 Å². The first kappa shape index (κ1) is 29.0. The highest BCUT2D eigenvalue weighted by molar-refractivity contribution is 5.55. The molecule has 1 saturated heterocycles. The van der Waals surface area contributed by atoms with Gasteiger partial charge < -0.3 is 26.2 Å². The Morgan fingerprint density at radius 1 is 0.818 bits per heavy atom. The van der Waals surface area contributed by atoms with Gasteiger partial charge in [0.1, 0.15) is 0 Å². The maximum absolute atomic E-state index is 3.36. The van der Waals surface area contributed by atoms with Crippen molar-refractivity contribution in [2.75, 3.05) is 65.1 Å². The van der Waals surface area contributed by atoms with E-state index in [0.717, 1.165) is 6.54 Å². The molecule has 0 amide bonds. The number of hydrogen-bond donors (Lipinski definition) is 4. The summed E-state index contributed by atoms with van der Waals surface area (Å²) in [4.78, 5) is 2.48. The van der Waals surface area contributed by atoms with Gasteiger partial charge in [-0.1, -0.05) is 31.2 Å². The van der Waals surface area contributed by atoms with Crippen LogP contribution in [0.5, 0.6) is 0 Å². The third-order valence-corrected chi connectivity index (χ3v) is 5.95. The zero-order chi connectivity index (χ0) is 24.3. The fraction of sp³-hybridized carbons (Fsp3) is 0.571. The van der Waals surface area contributed by atoms with Gasteiger partial charge in [0.05, 0.1) is 0 Å². The lowest BCUT2D eigenvalue weighted by atomic mass is 9.88. The van der Waals surface area contributed by atoms with Crippen LogP contribution in [-0.2, 0) is 6.42 Å².